The molecule has 4 nitrogen and oxygen atoms in total. The Morgan fingerprint density at radius 3 is 2.10 bits per heavy atom. The maximum absolute atomic E-state index is 5.63. The van der Waals surface area contributed by atoms with E-state index in [1.54, 1.807) is 11.3 Å². The molecule has 0 saturated carbocycles. The molecule has 290 valence electrons. The Labute approximate surface area is 361 Å². The summed E-state index contributed by atoms with van der Waals surface area (Å²) in [6.45, 7) is 0. The van der Waals surface area contributed by atoms with Gasteiger partial charge in [-0.2, -0.15) is 0 Å². The van der Waals surface area contributed by atoms with E-state index in [4.69, 9.17) is 9.98 Å². The number of aliphatic imine (C=N–C) groups is 1. The van der Waals surface area contributed by atoms with Gasteiger partial charge in [0.2, 0.25) is 0 Å². The molecule has 12 rings (SSSR count). The molecule has 1 unspecified atom stereocenters. The molecular formula is C55H38N4S2. The SMILES string of the molecule is C1=C(c2cccc(-c3nc4ccccc4s3)c2)NC(c2ccccc2)=NC(c2cccc3sc4ccc(-c5ccc6c(c5)c5ccccc5n6-c5ccccc5)cc4c23)CC1. The predicted octanol–water partition coefficient (Wildman–Crippen LogP) is 15.0. The van der Waals surface area contributed by atoms with Gasteiger partial charge in [-0.3, -0.25) is 4.99 Å². The van der Waals surface area contributed by atoms with E-state index in [1.807, 2.05) is 11.3 Å². The minimum atomic E-state index is -0.0415. The number of nitrogens with one attached hydrogen (secondary N) is 1. The highest BCUT2D eigenvalue weighted by molar-refractivity contribution is 7.25. The number of fused-ring (bicyclic) bond motifs is 7. The van der Waals surface area contributed by atoms with Crippen molar-refractivity contribution in [3.05, 3.63) is 211 Å². The summed E-state index contributed by atoms with van der Waals surface area (Å²) < 4.78 is 6.16. The van der Waals surface area contributed by atoms with Crippen LogP contribution in [0.3, 0.4) is 0 Å². The van der Waals surface area contributed by atoms with Gasteiger partial charge in [0.1, 0.15) is 10.8 Å². The first kappa shape index (κ1) is 35.8. The first-order valence-corrected chi connectivity index (χ1v) is 22.5. The molecular weight excluding hydrogens is 781 g/mol. The lowest BCUT2D eigenvalue weighted by Crippen LogP contribution is -2.25. The second-order valence-corrected chi connectivity index (χ2v) is 17.8. The Morgan fingerprint density at radius 2 is 1.21 bits per heavy atom. The van der Waals surface area contributed by atoms with E-state index < -0.39 is 0 Å². The van der Waals surface area contributed by atoms with Crippen molar-refractivity contribution in [2.45, 2.75) is 18.9 Å². The Balaban J connectivity index is 0.937. The first-order chi connectivity index (χ1) is 30.2. The summed E-state index contributed by atoms with van der Waals surface area (Å²) in [6.07, 6.45) is 4.12. The molecule has 4 heterocycles. The largest absolute Gasteiger partial charge is 0.340 e. The van der Waals surface area contributed by atoms with E-state index in [-0.39, 0.29) is 6.04 Å². The molecule has 0 spiro atoms. The molecule has 8 aromatic carbocycles. The maximum Gasteiger partial charge on any atom is 0.133 e. The van der Waals surface area contributed by atoms with Gasteiger partial charge >= 0.3 is 0 Å². The van der Waals surface area contributed by atoms with E-state index >= 15 is 0 Å². The van der Waals surface area contributed by atoms with Crippen LogP contribution in [0.5, 0.6) is 0 Å². The van der Waals surface area contributed by atoms with E-state index in [1.165, 1.54) is 69.1 Å². The van der Waals surface area contributed by atoms with Crippen molar-refractivity contribution in [2.75, 3.05) is 0 Å². The Hall–Kier alpha value is -7.12. The molecule has 11 aromatic rings. The standard InChI is InChI=1S/C55H38N4S2/c1-3-14-35(15-4-1)54-56-45(38-16-11-17-39(32-38)55-58-47-22-8-10-26-51(47)61-55)23-13-24-46(57-54)42-21-12-27-52-53(42)44-34-37(29-31-50(44)60-52)36-28-30-49-43(33-36)41-20-7-9-25-48(41)59(49)40-18-5-2-6-19-40/h1-12,14-23,25-34,46H,13,24H2,(H,56,57). The molecule has 1 atom stereocenters. The van der Waals surface area contributed by atoms with Gasteiger partial charge in [0.05, 0.1) is 27.3 Å². The third kappa shape index (κ3) is 6.35. The highest BCUT2D eigenvalue weighted by Crippen LogP contribution is 2.43. The van der Waals surface area contributed by atoms with Crippen molar-refractivity contribution in [2.24, 2.45) is 4.99 Å². The summed E-state index contributed by atoms with van der Waals surface area (Å²) >= 11 is 3.61. The van der Waals surface area contributed by atoms with Crippen LogP contribution in [0.4, 0.5) is 0 Å². The highest BCUT2D eigenvalue weighted by Gasteiger charge is 2.22. The smallest absolute Gasteiger partial charge is 0.133 e. The fourth-order valence-corrected chi connectivity index (χ4v) is 11.2. The Morgan fingerprint density at radius 1 is 0.508 bits per heavy atom. The number of hydrogen-bond donors (Lipinski definition) is 1. The lowest BCUT2D eigenvalue weighted by molar-refractivity contribution is 0.662. The number of allylic oxidation sites excluding steroid dienone is 1. The van der Waals surface area contributed by atoms with Crippen molar-refractivity contribution in [3.63, 3.8) is 0 Å². The van der Waals surface area contributed by atoms with Gasteiger partial charge in [-0.15, -0.1) is 22.7 Å². The molecule has 3 aromatic heterocycles. The van der Waals surface area contributed by atoms with Crippen LogP contribution in [0.1, 0.15) is 35.6 Å². The van der Waals surface area contributed by atoms with Gasteiger partial charge in [-0.1, -0.05) is 127 Å². The molecule has 0 aliphatic carbocycles. The van der Waals surface area contributed by atoms with Gasteiger partial charge in [0.15, 0.2) is 0 Å². The maximum atomic E-state index is 5.63. The van der Waals surface area contributed by atoms with Crippen LogP contribution in [-0.2, 0) is 0 Å². The second kappa shape index (κ2) is 14.9. The zero-order valence-electron chi connectivity index (χ0n) is 33.1. The monoisotopic (exact) mass is 818 g/mol. The zero-order valence-corrected chi connectivity index (χ0v) is 34.8. The van der Waals surface area contributed by atoms with Crippen LogP contribution < -0.4 is 5.32 Å². The fraction of sp³-hybridized carbons (Fsp3) is 0.0545. The molecule has 0 fully saturated rings. The van der Waals surface area contributed by atoms with Crippen LogP contribution in [0.25, 0.3) is 85.3 Å². The number of thiazole rings is 1. The Bertz CT molecular complexity index is 3490. The quantitative estimate of drug-likeness (QED) is 0.182. The van der Waals surface area contributed by atoms with E-state index in [0.717, 1.165) is 51.6 Å². The summed E-state index contributed by atoms with van der Waals surface area (Å²) in [5, 5.41) is 9.98. The van der Waals surface area contributed by atoms with Gasteiger partial charge < -0.3 is 9.88 Å². The average Bonchev–Trinajstić information content (AvgIpc) is 4.01. The minimum absolute atomic E-state index is 0.0415. The van der Waals surface area contributed by atoms with Gasteiger partial charge in [0, 0.05) is 53.5 Å². The second-order valence-electron chi connectivity index (χ2n) is 15.7. The number of amidine groups is 1. The summed E-state index contributed by atoms with van der Waals surface area (Å²) in [5.41, 5.74) is 12.7. The first-order valence-electron chi connectivity index (χ1n) is 20.8. The summed E-state index contributed by atoms with van der Waals surface area (Å²) in [6, 6.07) is 67.8. The third-order valence-corrected chi connectivity index (χ3v) is 14.2. The van der Waals surface area contributed by atoms with Gasteiger partial charge in [-0.05, 0) is 102 Å². The highest BCUT2D eigenvalue weighted by atomic mass is 32.1. The molecule has 0 amide bonds. The molecule has 1 aliphatic heterocycles. The van der Waals surface area contributed by atoms with Crippen LogP contribution in [0, 0.1) is 0 Å². The Kier molecular flexibility index (Phi) is 8.72. The van der Waals surface area contributed by atoms with Crippen LogP contribution in [0.15, 0.2) is 199 Å². The fourth-order valence-electron chi connectivity index (χ4n) is 9.11. The number of thiophene rings is 1. The minimum Gasteiger partial charge on any atom is -0.340 e. The predicted molar refractivity (Wildman–Crippen MR) is 260 cm³/mol. The van der Waals surface area contributed by atoms with Crippen LogP contribution >= 0.6 is 22.7 Å². The van der Waals surface area contributed by atoms with Gasteiger partial charge in [-0.25, -0.2) is 4.98 Å². The summed E-state index contributed by atoms with van der Waals surface area (Å²) in [7, 11) is 0. The molecule has 0 radical (unpaired) electrons. The normalized spacial score (nSPS) is 14.6. The number of rotatable bonds is 6. The van der Waals surface area contributed by atoms with Crippen molar-refractivity contribution >= 4 is 86.4 Å². The number of aromatic nitrogens is 2. The average molecular weight is 819 g/mol. The van der Waals surface area contributed by atoms with Crippen LogP contribution in [-0.4, -0.2) is 15.4 Å². The molecule has 1 aliphatic rings. The van der Waals surface area contributed by atoms with E-state index in [0.29, 0.717) is 0 Å². The van der Waals surface area contributed by atoms with E-state index in [9.17, 15) is 0 Å². The van der Waals surface area contributed by atoms with Crippen molar-refractivity contribution in [1.29, 1.82) is 0 Å². The summed E-state index contributed by atoms with van der Waals surface area (Å²) in [5.74, 6) is 0.877. The van der Waals surface area contributed by atoms with E-state index in [2.05, 4.69) is 204 Å². The molecule has 6 heteroatoms. The number of nitrogens with zero attached hydrogens (tertiary/aromatic N) is 3. The molecule has 0 bridgehead atoms. The molecule has 1 N–H and O–H groups in total. The number of hydrogen-bond acceptors (Lipinski definition) is 5. The molecule has 0 saturated heterocycles. The van der Waals surface area contributed by atoms with Crippen molar-refractivity contribution in [3.8, 4) is 27.4 Å². The number of para-hydroxylation sites is 3. The zero-order chi connectivity index (χ0) is 40.3. The third-order valence-electron chi connectivity index (χ3n) is 12.0. The van der Waals surface area contributed by atoms with Gasteiger partial charge in [0.25, 0.3) is 0 Å². The van der Waals surface area contributed by atoms with Crippen LogP contribution in [0.2, 0.25) is 0 Å². The van der Waals surface area contributed by atoms with Crippen molar-refractivity contribution in [1.82, 2.24) is 14.9 Å². The number of benzene rings is 8. The topological polar surface area (TPSA) is 42.2 Å². The molecule has 61 heavy (non-hydrogen) atoms. The van der Waals surface area contributed by atoms with Crippen molar-refractivity contribution < 1.29 is 0 Å². The summed E-state index contributed by atoms with van der Waals surface area (Å²) in [4.78, 5) is 10.6. The lowest BCUT2D eigenvalue weighted by Gasteiger charge is -2.22. The lowest BCUT2D eigenvalue weighted by atomic mass is 9.94.